The van der Waals surface area contributed by atoms with E-state index in [0.717, 1.165) is 5.56 Å². The van der Waals surface area contributed by atoms with Crippen LogP contribution >= 0.6 is 0 Å². The van der Waals surface area contributed by atoms with Gasteiger partial charge >= 0.3 is 0 Å². The van der Waals surface area contributed by atoms with Gasteiger partial charge in [0.2, 0.25) is 5.91 Å². The lowest BCUT2D eigenvalue weighted by molar-refractivity contribution is -0.385. The van der Waals surface area contributed by atoms with Gasteiger partial charge in [0.1, 0.15) is 0 Å². The maximum absolute atomic E-state index is 12.3. The molecular weight excluding hydrogens is 348 g/mol. The van der Waals surface area contributed by atoms with Crippen molar-refractivity contribution in [1.29, 1.82) is 0 Å². The Morgan fingerprint density at radius 3 is 2.48 bits per heavy atom. The van der Waals surface area contributed by atoms with E-state index in [4.69, 9.17) is 9.47 Å². The molecule has 0 aliphatic rings. The molecule has 2 aromatic rings. The van der Waals surface area contributed by atoms with Crippen LogP contribution in [0.15, 0.2) is 36.4 Å². The molecule has 0 heterocycles. The SMILES string of the molecule is CCOc1ccc(CCC(=O)Nc2cccc([N+](=O)[O-])c2C)cc1OCC. The molecule has 7 nitrogen and oxygen atoms in total. The van der Waals surface area contributed by atoms with Gasteiger partial charge in [-0.1, -0.05) is 12.1 Å². The Labute approximate surface area is 158 Å². The van der Waals surface area contributed by atoms with Gasteiger partial charge in [0.25, 0.3) is 5.69 Å². The number of hydrogen-bond acceptors (Lipinski definition) is 5. The zero-order valence-corrected chi connectivity index (χ0v) is 15.8. The van der Waals surface area contributed by atoms with Gasteiger partial charge in [0.05, 0.1) is 29.4 Å². The molecule has 0 aromatic heterocycles. The summed E-state index contributed by atoms with van der Waals surface area (Å²) in [5.74, 6) is 1.14. The molecule has 1 amide bonds. The van der Waals surface area contributed by atoms with Crippen LogP contribution in [0, 0.1) is 17.0 Å². The lowest BCUT2D eigenvalue weighted by atomic mass is 10.1. The zero-order chi connectivity index (χ0) is 19.8. The van der Waals surface area contributed by atoms with Crippen molar-refractivity contribution in [2.24, 2.45) is 0 Å². The summed E-state index contributed by atoms with van der Waals surface area (Å²) in [6, 6.07) is 10.2. The van der Waals surface area contributed by atoms with Crippen LogP contribution in [0.3, 0.4) is 0 Å². The quantitative estimate of drug-likeness (QED) is 0.524. The molecule has 0 aliphatic carbocycles. The average molecular weight is 372 g/mol. The van der Waals surface area contributed by atoms with Crippen LogP contribution in [0.5, 0.6) is 11.5 Å². The van der Waals surface area contributed by atoms with Gasteiger partial charge in [-0.05, 0) is 51.0 Å². The van der Waals surface area contributed by atoms with E-state index in [9.17, 15) is 14.9 Å². The third-order valence-electron chi connectivity index (χ3n) is 4.02. The second-order valence-corrected chi connectivity index (χ2v) is 5.90. The maximum atomic E-state index is 12.3. The van der Waals surface area contributed by atoms with Crippen molar-refractivity contribution in [3.63, 3.8) is 0 Å². The number of carbonyl (C=O) groups excluding carboxylic acids is 1. The normalized spacial score (nSPS) is 10.3. The van der Waals surface area contributed by atoms with Gasteiger partial charge in [-0.3, -0.25) is 14.9 Å². The second kappa shape index (κ2) is 9.56. The summed E-state index contributed by atoms with van der Waals surface area (Å²) in [6.07, 6.45) is 0.772. The highest BCUT2D eigenvalue weighted by molar-refractivity contribution is 5.92. The molecule has 2 aromatic carbocycles. The van der Waals surface area contributed by atoms with Crippen LogP contribution in [-0.2, 0) is 11.2 Å². The molecule has 0 saturated heterocycles. The molecule has 0 bridgehead atoms. The minimum atomic E-state index is -0.458. The summed E-state index contributed by atoms with van der Waals surface area (Å²) in [4.78, 5) is 22.8. The minimum absolute atomic E-state index is 0.0133. The van der Waals surface area contributed by atoms with Gasteiger partial charge in [-0.15, -0.1) is 0 Å². The number of benzene rings is 2. The molecule has 7 heteroatoms. The van der Waals surface area contributed by atoms with Crippen molar-refractivity contribution in [2.75, 3.05) is 18.5 Å². The van der Waals surface area contributed by atoms with Crippen molar-refractivity contribution in [3.05, 3.63) is 57.6 Å². The number of carbonyl (C=O) groups is 1. The number of nitrogens with one attached hydrogen (secondary N) is 1. The predicted molar refractivity (Wildman–Crippen MR) is 104 cm³/mol. The van der Waals surface area contributed by atoms with Crippen LogP contribution in [-0.4, -0.2) is 24.0 Å². The summed E-state index contributed by atoms with van der Waals surface area (Å²) in [7, 11) is 0. The van der Waals surface area contributed by atoms with E-state index in [1.54, 1.807) is 19.1 Å². The Balaban J connectivity index is 2.02. The zero-order valence-electron chi connectivity index (χ0n) is 15.8. The van der Waals surface area contributed by atoms with Crippen LogP contribution < -0.4 is 14.8 Å². The molecule has 0 radical (unpaired) electrons. The average Bonchev–Trinajstić information content (AvgIpc) is 2.63. The van der Waals surface area contributed by atoms with Crippen molar-refractivity contribution < 1.29 is 19.2 Å². The predicted octanol–water partition coefficient (Wildman–Crippen LogP) is 4.27. The van der Waals surface area contributed by atoms with Crippen molar-refractivity contribution in [1.82, 2.24) is 0 Å². The number of nitro groups is 1. The van der Waals surface area contributed by atoms with E-state index < -0.39 is 4.92 Å². The largest absolute Gasteiger partial charge is 0.490 e. The summed E-state index contributed by atoms with van der Waals surface area (Å²) >= 11 is 0. The first-order valence-electron chi connectivity index (χ1n) is 8.88. The fraction of sp³-hybridized carbons (Fsp3) is 0.350. The van der Waals surface area contributed by atoms with Crippen molar-refractivity contribution >= 4 is 17.3 Å². The summed E-state index contributed by atoms with van der Waals surface area (Å²) in [6.45, 7) is 6.50. The number of nitrogens with zero attached hydrogens (tertiary/aromatic N) is 1. The molecular formula is C20H24N2O5. The Bertz CT molecular complexity index is 820. The first-order chi connectivity index (χ1) is 13.0. The maximum Gasteiger partial charge on any atom is 0.274 e. The van der Waals surface area contributed by atoms with Crippen molar-refractivity contribution in [2.45, 2.75) is 33.6 Å². The molecule has 0 saturated carbocycles. The van der Waals surface area contributed by atoms with Crippen LogP contribution in [0.4, 0.5) is 11.4 Å². The molecule has 1 N–H and O–H groups in total. The van der Waals surface area contributed by atoms with Crippen LogP contribution in [0.2, 0.25) is 0 Å². The fourth-order valence-electron chi connectivity index (χ4n) is 2.68. The summed E-state index contributed by atoms with van der Waals surface area (Å²) in [5.41, 5.74) is 1.83. The third-order valence-corrected chi connectivity index (χ3v) is 4.02. The highest BCUT2D eigenvalue weighted by atomic mass is 16.6. The Morgan fingerprint density at radius 2 is 1.81 bits per heavy atom. The number of rotatable bonds is 9. The van der Waals surface area contributed by atoms with Gasteiger partial charge < -0.3 is 14.8 Å². The molecule has 0 atom stereocenters. The Kier molecular flexibility index (Phi) is 7.16. The highest BCUT2D eigenvalue weighted by Crippen LogP contribution is 2.29. The molecule has 0 aliphatic heterocycles. The van der Waals surface area contributed by atoms with Gasteiger partial charge in [-0.2, -0.15) is 0 Å². The van der Waals surface area contributed by atoms with Crippen LogP contribution in [0.1, 0.15) is 31.4 Å². The van der Waals surface area contributed by atoms with E-state index in [1.165, 1.54) is 6.07 Å². The lowest BCUT2D eigenvalue weighted by Gasteiger charge is -2.12. The summed E-state index contributed by atoms with van der Waals surface area (Å²) in [5, 5.41) is 13.7. The number of nitro benzene ring substituents is 1. The van der Waals surface area contributed by atoms with Gasteiger partial charge in [-0.25, -0.2) is 0 Å². The molecule has 0 unspecified atom stereocenters. The standard InChI is InChI=1S/C20H24N2O5/c1-4-26-18-11-9-15(13-19(18)27-5-2)10-12-20(23)21-16-7-6-8-17(14(16)3)22(24)25/h6-9,11,13H,4-5,10,12H2,1-3H3,(H,21,23). The highest BCUT2D eigenvalue weighted by Gasteiger charge is 2.15. The number of amides is 1. The van der Waals surface area contributed by atoms with Gasteiger partial charge in [0.15, 0.2) is 11.5 Å². The van der Waals surface area contributed by atoms with E-state index in [2.05, 4.69) is 5.32 Å². The molecule has 0 spiro atoms. The van der Waals surface area contributed by atoms with Crippen molar-refractivity contribution in [3.8, 4) is 11.5 Å². The molecule has 27 heavy (non-hydrogen) atoms. The topological polar surface area (TPSA) is 90.7 Å². The summed E-state index contributed by atoms with van der Waals surface area (Å²) < 4.78 is 11.1. The molecule has 0 fully saturated rings. The van der Waals surface area contributed by atoms with E-state index in [-0.39, 0.29) is 18.0 Å². The van der Waals surface area contributed by atoms with E-state index in [1.807, 2.05) is 32.0 Å². The molecule has 2 rings (SSSR count). The second-order valence-electron chi connectivity index (χ2n) is 5.90. The Morgan fingerprint density at radius 1 is 1.11 bits per heavy atom. The fourth-order valence-corrected chi connectivity index (χ4v) is 2.68. The van der Waals surface area contributed by atoms with Crippen LogP contribution in [0.25, 0.3) is 0 Å². The Hall–Kier alpha value is -3.09. The first kappa shape index (κ1) is 20.2. The monoisotopic (exact) mass is 372 g/mol. The lowest BCUT2D eigenvalue weighted by Crippen LogP contribution is -2.13. The number of hydrogen-bond donors (Lipinski definition) is 1. The molecule has 144 valence electrons. The minimum Gasteiger partial charge on any atom is -0.490 e. The number of ether oxygens (including phenoxy) is 2. The number of aryl methyl sites for hydroxylation is 1. The van der Waals surface area contributed by atoms with E-state index >= 15 is 0 Å². The number of anilines is 1. The van der Waals surface area contributed by atoms with E-state index in [0.29, 0.717) is 42.4 Å². The van der Waals surface area contributed by atoms with Gasteiger partial charge in [0, 0.05) is 12.5 Å². The smallest absolute Gasteiger partial charge is 0.274 e. The first-order valence-corrected chi connectivity index (χ1v) is 8.88. The third kappa shape index (κ3) is 5.44.